The summed E-state index contributed by atoms with van der Waals surface area (Å²) in [6.45, 7) is 2.03. The molecule has 4 atom stereocenters. The molecular formula is C90H100Br4N20O24P4. The second-order valence-corrected chi connectivity index (χ2v) is 43.8. The van der Waals surface area contributed by atoms with Gasteiger partial charge in [-0.15, -0.1) is 0 Å². The van der Waals surface area contributed by atoms with Gasteiger partial charge in [-0.3, -0.25) is 94.6 Å². The number of carbonyl (C=O) groups excluding carboxylic acids is 4. The van der Waals surface area contributed by atoms with Gasteiger partial charge in [-0.2, -0.15) is 19.9 Å². The number of halogens is 4. The molecule has 142 heavy (non-hydrogen) atoms. The van der Waals surface area contributed by atoms with E-state index >= 15 is 0 Å². The summed E-state index contributed by atoms with van der Waals surface area (Å²) in [6.07, 6.45) is 10.9. The van der Waals surface area contributed by atoms with E-state index in [-0.39, 0.29) is 198 Å². The maximum absolute atomic E-state index is 13.5. The van der Waals surface area contributed by atoms with E-state index in [9.17, 15) is 56.6 Å². The number of imidazole rings is 4. The van der Waals surface area contributed by atoms with Gasteiger partial charge in [0.1, 0.15) is 51.8 Å². The Hall–Kier alpha value is -11.0. The van der Waals surface area contributed by atoms with Crippen LogP contribution in [0.15, 0.2) is 214 Å². The molecule has 16 rings (SSSR count). The molecule has 2 aliphatic rings. The Morgan fingerprint density at radius 1 is 0.352 bits per heavy atom. The zero-order valence-electron chi connectivity index (χ0n) is 76.3. The highest BCUT2D eigenvalue weighted by atomic mass is 79.9. The maximum Gasteiger partial charge on any atom is 0.356 e. The van der Waals surface area contributed by atoms with Gasteiger partial charge >= 0.3 is 30.4 Å². The summed E-state index contributed by atoms with van der Waals surface area (Å²) in [5.41, 5.74) is 27.6. The number of benzene rings is 6. The van der Waals surface area contributed by atoms with Crippen LogP contribution in [0.4, 0.5) is 23.8 Å². The second kappa shape index (κ2) is 52.0. The lowest BCUT2D eigenvalue weighted by molar-refractivity contribution is -0.126. The SMILES string of the molecule is Cc1ccc(C(=O)COP(=O)(COCCn2cnc3c(=O)[nH]c(N)nc32)OCc2cccc(Br)c2)cc1.Nc1nc2c(ncn2CCOCP(=O)(OCC(=O)C2CC2)OCc2cccc(Br)c2)c(=O)[nH]1.Nc1nc2c(ncn2CCOCP(=O)(OCC(=O)C2CCCCC2)OCc2cccc(Br)c2)c(=O)[nH]1.Nc1nc2c(ncn2CCOCP(=O)(OCC(=O)c2ccccc2)OCc2cccc(Br)c2)c(=O)[nH]1. The first-order valence-corrected chi connectivity index (χ1v) is 54.2. The van der Waals surface area contributed by atoms with E-state index in [1.807, 2.05) is 116 Å². The van der Waals surface area contributed by atoms with Crippen molar-refractivity contribution < 1.29 is 92.6 Å². The van der Waals surface area contributed by atoms with Crippen molar-refractivity contribution in [1.29, 1.82) is 0 Å². The van der Waals surface area contributed by atoms with Gasteiger partial charge < -0.3 is 78.2 Å². The molecular weight excluding hydrogens is 2190 g/mol. The van der Waals surface area contributed by atoms with Gasteiger partial charge in [0.2, 0.25) is 23.8 Å². The second-order valence-electron chi connectivity index (χ2n) is 32.2. The monoisotopic (exact) mass is 2280 g/mol. The van der Waals surface area contributed by atoms with Crippen molar-refractivity contribution in [2.45, 2.75) is 104 Å². The number of aromatic amines is 4. The Morgan fingerprint density at radius 3 is 0.908 bits per heavy atom. The summed E-state index contributed by atoms with van der Waals surface area (Å²) in [7, 11) is -15.1. The van der Waals surface area contributed by atoms with Gasteiger partial charge in [-0.1, -0.05) is 192 Å². The highest BCUT2D eigenvalue weighted by Gasteiger charge is 2.36. The number of nitrogen functional groups attached to an aromatic ring is 4. The number of H-pyrrole nitrogens is 4. The third-order valence-corrected chi connectivity index (χ3v) is 29.4. The van der Waals surface area contributed by atoms with Crippen LogP contribution >= 0.6 is 94.1 Å². The van der Waals surface area contributed by atoms with E-state index < -0.39 is 65.8 Å². The van der Waals surface area contributed by atoms with Crippen LogP contribution in [0.1, 0.15) is 93.5 Å². The zero-order chi connectivity index (χ0) is 101. The number of fused-ring (bicyclic) bond motifs is 4. The molecule has 6 aromatic carbocycles. The minimum Gasteiger partial charge on any atom is -0.369 e. The number of rotatable bonds is 48. The summed E-state index contributed by atoms with van der Waals surface area (Å²) < 4.78 is 131. The highest BCUT2D eigenvalue weighted by molar-refractivity contribution is 9.11. The predicted molar refractivity (Wildman–Crippen MR) is 539 cm³/mol. The minimum absolute atomic E-state index is 0.00224. The average molecular weight is 2290 g/mol. The molecule has 0 aliphatic heterocycles. The highest BCUT2D eigenvalue weighted by Crippen LogP contribution is 2.53. The molecule has 0 radical (unpaired) electrons. The standard InChI is InChI=1S/C24H25BrN5O6P.C23H29BrN5O6P.C23H23BrN5O6P.C20H23BrN5O6P/c1-16-5-7-18(8-6-16)20(31)13-36-37(33,35-12-17-3-2-4-19(25)11-17)15-34-10-9-30-14-27-21-22(30)28-24(26)29-23(21)32;2*24-18-8-4-5-16(11-18)12-34-36(32,35-13-19(30)17-6-2-1-3-7-17)15-33-10-9-29-14-26-20-21(29)27-23(25)28-22(20)31;21-15-3-1-2-13(8-15)9-31-33(29,32-10-16(27)14-4-5-14)12-30-7-6-26-11-23-17-18(26)24-20(22)25-19(17)28/h2-8,11,14H,9-10,12-13,15H2,1H3,(H3,26,28,29,32);4-5,8,11,14,17H,1-3,6-7,9-10,12-13,15H2,(H3,25,27,28,31);1-8,11,14H,9-10,12-13,15H2,(H3,25,27,28,31);1-3,8,11,14H,4-7,9-10,12H2,(H3,22,24,25,28). The topological polar surface area (TPSA) is 606 Å². The van der Waals surface area contributed by atoms with Crippen molar-refractivity contribution in [2.75, 3.05) is 101 Å². The normalized spacial score (nSPS) is 14.4. The fraction of sp³-hybridized carbons (Fsp3) is 0.333. The number of nitrogens with zero attached hydrogens (tertiary/aromatic N) is 12. The largest absolute Gasteiger partial charge is 0.369 e. The van der Waals surface area contributed by atoms with Crippen LogP contribution in [0.25, 0.3) is 44.7 Å². The molecule has 0 spiro atoms. The van der Waals surface area contributed by atoms with Crippen molar-refractivity contribution in [2.24, 2.45) is 11.8 Å². The van der Waals surface area contributed by atoms with E-state index in [2.05, 4.69) is 124 Å². The van der Waals surface area contributed by atoms with Crippen LogP contribution in [0.2, 0.25) is 0 Å². The number of ketones is 4. The van der Waals surface area contributed by atoms with Crippen LogP contribution in [0.5, 0.6) is 0 Å². The molecule has 752 valence electrons. The van der Waals surface area contributed by atoms with Gasteiger partial charge in [-0.25, -0.2) is 19.9 Å². The molecule has 44 nitrogen and oxygen atoms in total. The zero-order valence-corrected chi connectivity index (χ0v) is 86.2. The van der Waals surface area contributed by atoms with Gasteiger partial charge in [-0.05, 0) is 103 Å². The number of ether oxygens (including phenoxy) is 4. The quantitative estimate of drug-likeness (QED) is 0.00997. The fourth-order valence-corrected chi connectivity index (χ4v) is 20.5. The lowest BCUT2D eigenvalue weighted by Gasteiger charge is -2.22. The van der Waals surface area contributed by atoms with Crippen molar-refractivity contribution in [1.82, 2.24) is 78.1 Å². The first kappa shape index (κ1) is 108. The summed E-state index contributed by atoms with van der Waals surface area (Å²) in [4.78, 5) is 139. The number of anilines is 4. The van der Waals surface area contributed by atoms with Crippen molar-refractivity contribution in [3.63, 3.8) is 0 Å². The molecule has 2 aliphatic carbocycles. The summed E-state index contributed by atoms with van der Waals surface area (Å²) in [5.74, 6) is -0.969. The van der Waals surface area contributed by atoms with Crippen LogP contribution < -0.4 is 45.2 Å². The van der Waals surface area contributed by atoms with E-state index in [1.165, 1.54) is 25.3 Å². The van der Waals surface area contributed by atoms with Crippen molar-refractivity contribution in [3.8, 4) is 0 Å². The minimum atomic E-state index is -3.83. The number of aryl methyl sites for hydroxylation is 1. The van der Waals surface area contributed by atoms with Gasteiger partial charge in [0.05, 0.1) is 78.2 Å². The molecule has 4 unspecified atom stereocenters. The van der Waals surface area contributed by atoms with E-state index in [4.69, 9.17) is 78.1 Å². The summed E-state index contributed by atoms with van der Waals surface area (Å²) in [6, 6.07) is 45.0. The number of Topliss-reactive ketones (excluding diaryl/α,β-unsaturated/α-hetero) is 4. The molecule has 12 N–H and O–H groups in total. The number of carbonyl (C=O) groups is 4. The fourth-order valence-electron chi connectivity index (χ4n) is 13.8. The number of nitrogens with two attached hydrogens (primary N) is 4. The smallest absolute Gasteiger partial charge is 0.356 e. The predicted octanol–water partition coefficient (Wildman–Crippen LogP) is 14.7. The molecule has 0 bridgehead atoms. The number of aromatic nitrogens is 16. The Bertz CT molecular complexity index is 7200. The molecule has 8 heterocycles. The third-order valence-electron chi connectivity index (χ3n) is 21.3. The van der Waals surface area contributed by atoms with Gasteiger partial charge in [0, 0.05) is 67.0 Å². The Balaban J connectivity index is 0.000000159. The molecule has 2 saturated carbocycles. The van der Waals surface area contributed by atoms with Crippen LogP contribution in [0.3, 0.4) is 0 Å². The number of hydrogen-bond donors (Lipinski definition) is 8. The molecule has 14 aromatic rings. The van der Waals surface area contributed by atoms with Crippen LogP contribution in [-0.4, -0.2) is 179 Å². The van der Waals surface area contributed by atoms with Crippen LogP contribution in [-0.2, 0) is 136 Å². The lowest BCUT2D eigenvalue weighted by atomic mass is 9.86. The molecule has 52 heteroatoms. The van der Waals surface area contributed by atoms with Gasteiger partial charge in [0.25, 0.3) is 22.2 Å². The molecule has 2 fully saturated rings. The summed E-state index contributed by atoms with van der Waals surface area (Å²) in [5, 5.41) is 0. The maximum atomic E-state index is 13.5. The first-order valence-electron chi connectivity index (χ1n) is 44.1. The molecule has 8 aromatic heterocycles. The average Bonchev–Trinajstić information content (AvgIpc) is 1.67. The van der Waals surface area contributed by atoms with Gasteiger partial charge in [0.15, 0.2) is 67.8 Å². The number of nitrogens with one attached hydrogen (secondary N) is 4. The Morgan fingerprint density at radius 2 is 0.627 bits per heavy atom. The van der Waals surface area contributed by atoms with E-state index in [0.717, 1.165) is 90.7 Å². The van der Waals surface area contributed by atoms with Crippen molar-refractivity contribution >= 4 is 186 Å². The summed E-state index contributed by atoms with van der Waals surface area (Å²) >= 11 is 13.6. The Labute approximate surface area is 843 Å². The van der Waals surface area contributed by atoms with E-state index in [1.54, 1.807) is 60.7 Å². The third kappa shape index (κ3) is 32.7. The van der Waals surface area contributed by atoms with Crippen LogP contribution in [0, 0.1) is 18.8 Å². The molecule has 0 amide bonds. The molecule has 0 saturated heterocycles. The van der Waals surface area contributed by atoms with Crippen molar-refractivity contribution in [3.05, 3.63) is 275 Å². The lowest BCUT2D eigenvalue weighted by Crippen LogP contribution is -2.22. The van der Waals surface area contributed by atoms with E-state index in [0.29, 0.717) is 33.7 Å². The number of hydrogen-bond acceptors (Lipinski definition) is 36. The first-order chi connectivity index (χ1) is 68.2. The Kier molecular flexibility index (Phi) is 39.6.